The molecule has 2 saturated carbocycles. The first-order chi connectivity index (χ1) is 19.1. The number of unbranched alkanes of at least 4 members (excludes halogenated alkanes) is 1. The Labute approximate surface area is 241 Å². The molecule has 4 rings (SSSR count). The average molecular weight is 571 g/mol. The molecule has 4 aliphatic rings. The SMILES string of the molecule is CCC/C=C/C=C\C(=O)O[C@@H]1[C@@H](C)[C@@]2(O)[C@@H](C=C(COC(C)=O)C[C@]3(O)C(=O)C(C)=C[C@@H]23)[C@@H]2C(C)(C)[C@]12OC(C)=O. The fourth-order valence-corrected chi connectivity index (χ4v) is 7.89. The Morgan fingerprint density at radius 1 is 1.10 bits per heavy atom. The topological polar surface area (TPSA) is 136 Å². The molecular formula is C32H42O9. The van der Waals surface area contributed by atoms with E-state index in [4.69, 9.17) is 14.2 Å². The lowest BCUT2D eigenvalue weighted by Crippen LogP contribution is -2.66. The van der Waals surface area contributed by atoms with Gasteiger partial charge in [-0.15, -0.1) is 0 Å². The van der Waals surface area contributed by atoms with Gasteiger partial charge in [0, 0.05) is 55.4 Å². The van der Waals surface area contributed by atoms with Gasteiger partial charge >= 0.3 is 17.9 Å². The zero-order valence-corrected chi connectivity index (χ0v) is 24.9. The molecule has 0 aromatic carbocycles. The molecule has 0 amide bonds. The third kappa shape index (κ3) is 4.71. The number of rotatable bonds is 8. The molecule has 0 spiro atoms. The standard InChI is InChI=1S/C32H42O9/c1-8-9-10-11-12-13-25(35)40-28-19(3)31(38)23(26-29(6,7)32(26,28)41-21(5)34)15-22(17-39-20(4)33)16-30(37)24(31)14-18(2)27(30)36/h10-15,19,23-24,26,28,37-38H,8-9,16-17H2,1-7H3/b11-10+,13-12-/t19-,23+,24-,26-,28-,30-,31-,32-/m1/s1. The number of fused-ring (bicyclic) bond motifs is 5. The van der Waals surface area contributed by atoms with E-state index in [0.29, 0.717) is 11.1 Å². The highest BCUT2D eigenvalue weighted by molar-refractivity contribution is 6.04. The number of aliphatic hydroxyl groups is 2. The molecule has 0 aliphatic heterocycles. The molecule has 0 unspecified atom stereocenters. The molecule has 2 fully saturated rings. The van der Waals surface area contributed by atoms with Crippen molar-refractivity contribution >= 4 is 23.7 Å². The fourth-order valence-electron chi connectivity index (χ4n) is 7.89. The summed E-state index contributed by atoms with van der Waals surface area (Å²) in [4.78, 5) is 50.6. The van der Waals surface area contributed by atoms with Crippen LogP contribution in [0.4, 0.5) is 0 Å². The Morgan fingerprint density at radius 2 is 1.78 bits per heavy atom. The largest absolute Gasteiger partial charge is 0.461 e. The zero-order valence-electron chi connectivity index (χ0n) is 24.9. The van der Waals surface area contributed by atoms with Crippen molar-refractivity contribution in [2.75, 3.05) is 6.61 Å². The van der Waals surface area contributed by atoms with Crippen molar-refractivity contribution in [3.63, 3.8) is 0 Å². The summed E-state index contributed by atoms with van der Waals surface area (Å²) in [5.74, 6) is -5.45. The summed E-state index contributed by atoms with van der Waals surface area (Å²) in [6.45, 7) is 11.5. The number of carbonyl (C=O) groups is 4. The van der Waals surface area contributed by atoms with Gasteiger partial charge in [-0.25, -0.2) is 4.79 Å². The van der Waals surface area contributed by atoms with Crippen LogP contribution in [0.3, 0.4) is 0 Å². The van der Waals surface area contributed by atoms with Gasteiger partial charge in [0.05, 0.1) is 5.60 Å². The first-order valence-electron chi connectivity index (χ1n) is 14.3. The van der Waals surface area contributed by atoms with Crippen LogP contribution in [0.2, 0.25) is 0 Å². The monoisotopic (exact) mass is 570 g/mol. The third-order valence-electron chi connectivity index (χ3n) is 9.71. The van der Waals surface area contributed by atoms with Crippen LogP contribution in [0.15, 0.2) is 47.6 Å². The van der Waals surface area contributed by atoms with Crippen LogP contribution in [0, 0.1) is 29.1 Å². The fraction of sp³-hybridized carbons (Fsp3) is 0.625. The molecule has 41 heavy (non-hydrogen) atoms. The number of esters is 3. The Hall–Kier alpha value is -3.04. The molecule has 4 aliphatic carbocycles. The lowest BCUT2D eigenvalue weighted by molar-refractivity contribution is -0.226. The second kappa shape index (κ2) is 10.7. The van der Waals surface area contributed by atoms with E-state index in [1.165, 1.54) is 19.9 Å². The van der Waals surface area contributed by atoms with Crippen LogP contribution in [0.5, 0.6) is 0 Å². The molecule has 0 bridgehead atoms. The minimum Gasteiger partial charge on any atom is -0.461 e. The van der Waals surface area contributed by atoms with Crippen LogP contribution >= 0.6 is 0 Å². The minimum absolute atomic E-state index is 0.145. The molecule has 0 aromatic heterocycles. The van der Waals surface area contributed by atoms with E-state index in [1.54, 1.807) is 38.2 Å². The normalized spacial score (nSPS) is 38.8. The number of Topliss-reactive ketones (excluding diaryl/α,β-unsaturated/α-hetero) is 1. The number of carbonyl (C=O) groups excluding carboxylic acids is 4. The first kappa shape index (κ1) is 30.9. The maximum absolute atomic E-state index is 13.4. The van der Waals surface area contributed by atoms with Crippen molar-refractivity contribution in [3.8, 4) is 0 Å². The highest BCUT2D eigenvalue weighted by Gasteiger charge is 2.87. The van der Waals surface area contributed by atoms with Gasteiger partial charge in [0.2, 0.25) is 0 Å². The molecule has 0 aromatic rings. The van der Waals surface area contributed by atoms with Gasteiger partial charge < -0.3 is 24.4 Å². The van der Waals surface area contributed by atoms with Gasteiger partial charge in [-0.2, -0.15) is 0 Å². The van der Waals surface area contributed by atoms with E-state index < -0.39 is 75.7 Å². The number of ether oxygens (including phenoxy) is 3. The lowest BCUT2D eigenvalue weighted by atomic mass is 9.59. The van der Waals surface area contributed by atoms with Crippen LogP contribution in [-0.2, 0) is 33.4 Å². The smallest absolute Gasteiger partial charge is 0.331 e. The van der Waals surface area contributed by atoms with Gasteiger partial charge in [-0.05, 0) is 24.5 Å². The summed E-state index contributed by atoms with van der Waals surface area (Å²) < 4.78 is 17.3. The molecule has 0 heterocycles. The lowest BCUT2D eigenvalue weighted by Gasteiger charge is -2.53. The molecular weight excluding hydrogens is 528 g/mol. The van der Waals surface area contributed by atoms with Gasteiger partial charge in [-0.1, -0.05) is 64.5 Å². The Bertz CT molecular complexity index is 1260. The average Bonchev–Trinajstić information content (AvgIpc) is 3.30. The van der Waals surface area contributed by atoms with Crippen LogP contribution in [0.25, 0.3) is 0 Å². The molecule has 8 atom stereocenters. The van der Waals surface area contributed by atoms with Crippen molar-refractivity contribution in [1.82, 2.24) is 0 Å². The predicted octanol–water partition coefficient (Wildman–Crippen LogP) is 3.54. The minimum atomic E-state index is -1.99. The third-order valence-corrected chi connectivity index (χ3v) is 9.71. The predicted molar refractivity (Wildman–Crippen MR) is 149 cm³/mol. The highest BCUT2D eigenvalue weighted by Crippen LogP contribution is 2.77. The van der Waals surface area contributed by atoms with E-state index >= 15 is 0 Å². The summed E-state index contributed by atoms with van der Waals surface area (Å²) in [5.41, 5.74) is -5.01. The molecule has 9 nitrogen and oxygen atoms in total. The van der Waals surface area contributed by atoms with Crippen LogP contribution in [-0.4, -0.2) is 63.4 Å². The van der Waals surface area contributed by atoms with Crippen molar-refractivity contribution in [1.29, 1.82) is 0 Å². The van der Waals surface area contributed by atoms with Crippen molar-refractivity contribution in [2.45, 2.75) is 90.6 Å². The summed E-state index contributed by atoms with van der Waals surface area (Å²) >= 11 is 0. The number of hydrogen-bond acceptors (Lipinski definition) is 9. The van der Waals surface area contributed by atoms with Gasteiger partial charge in [0.15, 0.2) is 11.4 Å². The molecule has 2 N–H and O–H groups in total. The Balaban J connectivity index is 1.85. The number of hydrogen-bond donors (Lipinski definition) is 2. The maximum Gasteiger partial charge on any atom is 0.331 e. The highest BCUT2D eigenvalue weighted by atomic mass is 16.6. The van der Waals surface area contributed by atoms with Crippen molar-refractivity contribution in [2.24, 2.45) is 29.1 Å². The van der Waals surface area contributed by atoms with E-state index in [1.807, 2.05) is 26.8 Å². The summed E-state index contributed by atoms with van der Waals surface area (Å²) in [6.07, 6.45) is 10.5. The van der Waals surface area contributed by atoms with Crippen LogP contribution in [0.1, 0.15) is 67.7 Å². The first-order valence-corrected chi connectivity index (χ1v) is 14.3. The van der Waals surface area contributed by atoms with Crippen molar-refractivity contribution in [3.05, 3.63) is 47.6 Å². The number of allylic oxidation sites excluding steroid dienone is 3. The second-order valence-electron chi connectivity index (χ2n) is 12.6. The molecule has 0 radical (unpaired) electrons. The van der Waals surface area contributed by atoms with Gasteiger partial charge in [0.1, 0.15) is 18.3 Å². The van der Waals surface area contributed by atoms with E-state index in [2.05, 4.69) is 0 Å². The van der Waals surface area contributed by atoms with E-state index in [-0.39, 0.29) is 13.0 Å². The molecule has 0 saturated heterocycles. The van der Waals surface area contributed by atoms with Gasteiger partial charge in [0.25, 0.3) is 0 Å². The summed E-state index contributed by atoms with van der Waals surface area (Å²) in [5, 5.41) is 24.7. The summed E-state index contributed by atoms with van der Waals surface area (Å²) in [6, 6.07) is 0. The maximum atomic E-state index is 13.4. The summed E-state index contributed by atoms with van der Waals surface area (Å²) in [7, 11) is 0. The molecule has 9 heteroatoms. The second-order valence-corrected chi connectivity index (χ2v) is 12.6. The Kier molecular flexibility index (Phi) is 8.04. The molecule has 224 valence electrons. The van der Waals surface area contributed by atoms with Crippen molar-refractivity contribution < 1.29 is 43.6 Å². The zero-order chi connectivity index (χ0) is 30.5. The number of ketones is 1. The van der Waals surface area contributed by atoms with Gasteiger partial charge in [-0.3, -0.25) is 14.4 Å². The Morgan fingerprint density at radius 3 is 2.39 bits per heavy atom. The van der Waals surface area contributed by atoms with E-state index in [9.17, 15) is 29.4 Å². The van der Waals surface area contributed by atoms with E-state index in [0.717, 1.165) is 12.8 Å². The quantitative estimate of drug-likeness (QED) is 0.148. The van der Waals surface area contributed by atoms with Crippen LogP contribution < -0.4 is 0 Å².